The zero-order chi connectivity index (χ0) is 10.8. The molecule has 1 aromatic carbocycles. The van der Waals surface area contributed by atoms with E-state index in [0.717, 1.165) is 6.20 Å². The summed E-state index contributed by atoms with van der Waals surface area (Å²) >= 11 is 0. The number of phenols is 1. The molecule has 1 heterocycles. The maximum Gasteiger partial charge on any atom is 0.387 e. The molecule has 0 atom stereocenters. The number of benzene rings is 1. The maximum absolute atomic E-state index is 11.9. The molecule has 0 aliphatic heterocycles. The van der Waals surface area contributed by atoms with Crippen LogP contribution in [0, 0.1) is 0 Å². The molecule has 0 fully saturated rings. The van der Waals surface area contributed by atoms with Crippen LogP contribution in [-0.4, -0.2) is 16.7 Å². The minimum Gasteiger partial charge on any atom is -0.506 e. The molecule has 0 aliphatic rings. The lowest BCUT2D eigenvalue weighted by molar-refractivity contribution is -0.0499. The Balaban J connectivity index is 2.48. The first-order valence-corrected chi connectivity index (χ1v) is 4.19. The van der Waals surface area contributed by atoms with Crippen LogP contribution in [0.5, 0.6) is 11.5 Å². The summed E-state index contributed by atoms with van der Waals surface area (Å²) < 4.78 is 28.0. The molecule has 0 saturated carbocycles. The van der Waals surface area contributed by atoms with Gasteiger partial charge in [0, 0.05) is 5.39 Å². The van der Waals surface area contributed by atoms with E-state index in [4.69, 9.17) is 0 Å². The van der Waals surface area contributed by atoms with Crippen LogP contribution in [0.4, 0.5) is 8.78 Å². The number of hydrogen-bond acceptors (Lipinski definition) is 3. The molecule has 78 valence electrons. The molecule has 0 saturated heterocycles. The zero-order valence-corrected chi connectivity index (χ0v) is 7.52. The Bertz CT molecular complexity index is 488. The Labute approximate surface area is 83.9 Å². The van der Waals surface area contributed by atoms with Crippen molar-refractivity contribution in [3.8, 4) is 11.5 Å². The van der Waals surface area contributed by atoms with Gasteiger partial charge in [0.1, 0.15) is 17.0 Å². The van der Waals surface area contributed by atoms with Gasteiger partial charge in [-0.05, 0) is 12.1 Å². The molecular formula is C10H7F2NO2. The number of phenolic OH excluding ortho intramolecular Hbond substituents is 1. The SMILES string of the molecule is Oc1cccc2cc(OC(F)F)cnc12. The first kappa shape index (κ1) is 9.64. The number of aromatic hydroxyl groups is 1. The van der Waals surface area contributed by atoms with E-state index in [1.54, 1.807) is 12.1 Å². The number of rotatable bonds is 2. The molecule has 15 heavy (non-hydrogen) atoms. The summed E-state index contributed by atoms with van der Waals surface area (Å²) in [6.07, 6.45) is 1.15. The highest BCUT2D eigenvalue weighted by Gasteiger charge is 2.06. The van der Waals surface area contributed by atoms with Gasteiger partial charge < -0.3 is 9.84 Å². The molecule has 0 radical (unpaired) electrons. The van der Waals surface area contributed by atoms with E-state index in [0.29, 0.717) is 10.9 Å². The quantitative estimate of drug-likeness (QED) is 0.829. The van der Waals surface area contributed by atoms with Crippen LogP contribution in [0.1, 0.15) is 0 Å². The number of ether oxygens (including phenoxy) is 1. The number of nitrogens with zero attached hydrogens (tertiary/aromatic N) is 1. The zero-order valence-electron chi connectivity index (χ0n) is 7.52. The number of fused-ring (bicyclic) bond motifs is 1. The topological polar surface area (TPSA) is 42.4 Å². The third-order valence-electron chi connectivity index (χ3n) is 1.89. The first-order valence-electron chi connectivity index (χ1n) is 4.19. The Morgan fingerprint density at radius 1 is 1.33 bits per heavy atom. The largest absolute Gasteiger partial charge is 0.506 e. The summed E-state index contributed by atoms with van der Waals surface area (Å²) in [7, 11) is 0. The van der Waals surface area contributed by atoms with Gasteiger partial charge in [-0.1, -0.05) is 12.1 Å². The highest BCUT2D eigenvalue weighted by atomic mass is 19.3. The van der Waals surface area contributed by atoms with Crippen molar-refractivity contribution in [3.05, 3.63) is 30.5 Å². The minimum atomic E-state index is -2.87. The molecule has 0 amide bonds. The summed E-state index contributed by atoms with van der Waals surface area (Å²) in [6.45, 7) is -2.87. The standard InChI is InChI=1S/C10H7F2NO2/c11-10(12)15-7-4-6-2-1-3-8(14)9(6)13-5-7/h1-5,10,14H. The minimum absolute atomic E-state index is 0.0103. The van der Waals surface area contributed by atoms with E-state index in [9.17, 15) is 13.9 Å². The van der Waals surface area contributed by atoms with Crippen LogP contribution in [0.2, 0.25) is 0 Å². The molecule has 0 spiro atoms. The monoisotopic (exact) mass is 211 g/mol. The van der Waals surface area contributed by atoms with Crippen LogP contribution >= 0.6 is 0 Å². The van der Waals surface area contributed by atoms with Crippen LogP contribution in [0.25, 0.3) is 10.9 Å². The molecule has 1 N–H and O–H groups in total. The van der Waals surface area contributed by atoms with Gasteiger partial charge in [0.15, 0.2) is 0 Å². The van der Waals surface area contributed by atoms with E-state index >= 15 is 0 Å². The van der Waals surface area contributed by atoms with Gasteiger partial charge in [0.2, 0.25) is 0 Å². The second-order valence-corrected chi connectivity index (χ2v) is 2.90. The fourth-order valence-corrected chi connectivity index (χ4v) is 1.29. The lowest BCUT2D eigenvalue weighted by Crippen LogP contribution is -2.02. The van der Waals surface area contributed by atoms with E-state index in [1.807, 2.05) is 0 Å². The van der Waals surface area contributed by atoms with Crippen LogP contribution in [0.15, 0.2) is 30.5 Å². The Morgan fingerprint density at radius 3 is 2.87 bits per heavy atom. The number of aromatic nitrogens is 1. The predicted molar refractivity (Wildman–Crippen MR) is 50.0 cm³/mol. The van der Waals surface area contributed by atoms with Crippen molar-refractivity contribution in [2.75, 3.05) is 0 Å². The molecule has 3 nitrogen and oxygen atoms in total. The van der Waals surface area contributed by atoms with Crippen LogP contribution in [-0.2, 0) is 0 Å². The Kier molecular flexibility index (Phi) is 2.37. The summed E-state index contributed by atoms with van der Waals surface area (Å²) in [5, 5.41) is 9.94. The van der Waals surface area contributed by atoms with Crippen LogP contribution < -0.4 is 4.74 Å². The van der Waals surface area contributed by atoms with Crippen molar-refractivity contribution in [2.45, 2.75) is 6.61 Å². The fourth-order valence-electron chi connectivity index (χ4n) is 1.29. The van der Waals surface area contributed by atoms with E-state index in [1.165, 1.54) is 12.1 Å². The molecule has 0 unspecified atom stereocenters. The van der Waals surface area contributed by atoms with E-state index < -0.39 is 6.61 Å². The lowest BCUT2D eigenvalue weighted by Gasteiger charge is -2.05. The number of pyridine rings is 1. The predicted octanol–water partition coefficient (Wildman–Crippen LogP) is 2.54. The summed E-state index contributed by atoms with van der Waals surface area (Å²) in [5.41, 5.74) is 0.360. The summed E-state index contributed by atoms with van der Waals surface area (Å²) in [5.74, 6) is -0.0146. The number of para-hydroxylation sites is 1. The molecule has 0 aliphatic carbocycles. The van der Waals surface area contributed by atoms with Gasteiger partial charge in [-0.15, -0.1) is 0 Å². The lowest BCUT2D eigenvalue weighted by atomic mass is 10.2. The maximum atomic E-state index is 11.9. The van der Waals surface area contributed by atoms with Gasteiger partial charge in [-0.2, -0.15) is 8.78 Å². The average molecular weight is 211 g/mol. The molecular weight excluding hydrogens is 204 g/mol. The van der Waals surface area contributed by atoms with E-state index in [2.05, 4.69) is 9.72 Å². The molecule has 1 aromatic heterocycles. The second-order valence-electron chi connectivity index (χ2n) is 2.90. The fraction of sp³-hybridized carbons (Fsp3) is 0.100. The van der Waals surface area contributed by atoms with Crippen LogP contribution in [0.3, 0.4) is 0 Å². The van der Waals surface area contributed by atoms with Gasteiger partial charge in [0.25, 0.3) is 0 Å². The van der Waals surface area contributed by atoms with Crippen molar-refractivity contribution in [1.29, 1.82) is 0 Å². The summed E-state index contributed by atoms with van der Waals surface area (Å²) in [4.78, 5) is 3.83. The van der Waals surface area contributed by atoms with Crippen molar-refractivity contribution < 1.29 is 18.6 Å². The van der Waals surface area contributed by atoms with E-state index in [-0.39, 0.29) is 11.5 Å². The van der Waals surface area contributed by atoms with Gasteiger partial charge in [-0.3, -0.25) is 0 Å². The molecule has 0 bridgehead atoms. The van der Waals surface area contributed by atoms with Gasteiger partial charge in [-0.25, -0.2) is 4.98 Å². The smallest absolute Gasteiger partial charge is 0.387 e. The van der Waals surface area contributed by atoms with Gasteiger partial charge >= 0.3 is 6.61 Å². The number of hydrogen-bond donors (Lipinski definition) is 1. The Morgan fingerprint density at radius 2 is 2.13 bits per heavy atom. The highest BCUT2D eigenvalue weighted by Crippen LogP contribution is 2.25. The highest BCUT2D eigenvalue weighted by molar-refractivity contribution is 5.84. The Hall–Kier alpha value is -1.91. The third kappa shape index (κ3) is 1.96. The molecule has 2 aromatic rings. The van der Waals surface area contributed by atoms with Crippen molar-refractivity contribution >= 4 is 10.9 Å². The van der Waals surface area contributed by atoms with Crippen molar-refractivity contribution in [2.24, 2.45) is 0 Å². The first-order chi connectivity index (χ1) is 7.16. The number of alkyl halides is 2. The third-order valence-corrected chi connectivity index (χ3v) is 1.89. The normalized spacial score (nSPS) is 10.9. The van der Waals surface area contributed by atoms with Crippen molar-refractivity contribution in [1.82, 2.24) is 4.98 Å². The van der Waals surface area contributed by atoms with Gasteiger partial charge in [0.05, 0.1) is 6.20 Å². The van der Waals surface area contributed by atoms with Crippen molar-refractivity contribution in [3.63, 3.8) is 0 Å². The molecule has 2 rings (SSSR count). The summed E-state index contributed by atoms with van der Waals surface area (Å²) in [6, 6.07) is 6.13. The molecule has 5 heteroatoms. The number of halogens is 2. The second kappa shape index (κ2) is 3.68. The average Bonchev–Trinajstić information content (AvgIpc) is 2.17.